The van der Waals surface area contributed by atoms with Gasteiger partial charge in [0.15, 0.2) is 12.1 Å². The van der Waals surface area contributed by atoms with Crippen LogP contribution in [0.15, 0.2) is 45.8 Å². The van der Waals surface area contributed by atoms with Crippen molar-refractivity contribution in [2.75, 3.05) is 6.54 Å². The SMILES string of the molecule is O=C(c1ocnc1C(F)F)N1CCc2[nH]cnc2[C@@H]1c1cc2cccc(C(F)(F)F)c2o1. The van der Waals surface area contributed by atoms with Crippen LogP contribution in [0, 0.1) is 0 Å². The van der Waals surface area contributed by atoms with Gasteiger partial charge in [0, 0.05) is 24.0 Å². The maximum atomic E-state index is 13.4. The third-order valence-corrected chi connectivity index (χ3v) is 5.32. The van der Waals surface area contributed by atoms with Crippen LogP contribution in [0.5, 0.6) is 0 Å². The van der Waals surface area contributed by atoms with Gasteiger partial charge in [-0.2, -0.15) is 13.2 Å². The van der Waals surface area contributed by atoms with E-state index in [0.29, 0.717) is 17.8 Å². The fourth-order valence-electron chi connectivity index (χ4n) is 3.93. The highest BCUT2D eigenvalue weighted by molar-refractivity contribution is 5.93. The molecule has 0 spiro atoms. The van der Waals surface area contributed by atoms with Gasteiger partial charge < -0.3 is 18.7 Å². The second-order valence-corrected chi connectivity index (χ2v) is 7.16. The van der Waals surface area contributed by atoms with Crippen molar-refractivity contribution in [3.05, 3.63) is 71.2 Å². The largest absolute Gasteiger partial charge is 0.458 e. The first-order valence-electron chi connectivity index (χ1n) is 9.40. The van der Waals surface area contributed by atoms with E-state index in [1.165, 1.54) is 29.4 Å². The van der Waals surface area contributed by atoms with E-state index >= 15 is 0 Å². The third kappa shape index (κ3) is 3.13. The van der Waals surface area contributed by atoms with E-state index in [-0.39, 0.29) is 17.7 Å². The number of nitrogens with zero attached hydrogens (tertiary/aromatic N) is 3. The summed E-state index contributed by atoms with van der Waals surface area (Å²) in [5, 5.41) is 0.179. The highest BCUT2D eigenvalue weighted by Crippen LogP contribution is 2.41. The van der Waals surface area contributed by atoms with Crippen molar-refractivity contribution in [3.8, 4) is 0 Å². The fraction of sp³-hybridized carbons (Fsp3) is 0.250. The molecule has 7 nitrogen and oxygen atoms in total. The molecule has 5 rings (SSSR count). The number of amides is 1. The topological polar surface area (TPSA) is 88.2 Å². The van der Waals surface area contributed by atoms with E-state index in [0.717, 1.165) is 12.5 Å². The number of nitrogens with one attached hydrogen (secondary N) is 1. The Hall–Kier alpha value is -3.70. The Kier molecular flexibility index (Phi) is 4.53. The van der Waals surface area contributed by atoms with Gasteiger partial charge in [0.1, 0.15) is 17.4 Å². The molecular formula is C20H13F5N4O3. The molecule has 0 unspecified atom stereocenters. The zero-order valence-corrected chi connectivity index (χ0v) is 16.0. The smallest absolute Gasteiger partial charge is 0.420 e. The lowest BCUT2D eigenvalue weighted by Crippen LogP contribution is -2.40. The first-order valence-corrected chi connectivity index (χ1v) is 9.40. The van der Waals surface area contributed by atoms with Crippen molar-refractivity contribution >= 4 is 16.9 Å². The minimum atomic E-state index is -4.65. The van der Waals surface area contributed by atoms with Gasteiger partial charge in [0.25, 0.3) is 12.3 Å². The number of hydrogen-bond donors (Lipinski definition) is 1. The van der Waals surface area contributed by atoms with Crippen LogP contribution in [0.4, 0.5) is 22.0 Å². The number of benzene rings is 1. The molecule has 166 valence electrons. The van der Waals surface area contributed by atoms with Crippen molar-refractivity contribution < 1.29 is 35.6 Å². The molecule has 1 aromatic carbocycles. The maximum absolute atomic E-state index is 13.4. The molecule has 1 aliphatic rings. The average molecular weight is 452 g/mol. The minimum absolute atomic E-state index is 0.0104. The Balaban J connectivity index is 1.64. The monoisotopic (exact) mass is 452 g/mol. The normalized spacial score (nSPS) is 16.7. The molecule has 32 heavy (non-hydrogen) atoms. The molecule has 4 heterocycles. The number of halogens is 5. The standard InChI is InChI=1S/C20H13F5N4O3/c21-18(22)14-17(31-8-28-14)19(30)29-5-4-11-13(27-7-26-11)15(29)12-6-9-2-1-3-10(16(9)32-12)20(23,24)25/h1-3,6-8,15,18H,4-5H2,(H,26,27)/t15-/m0/s1. The number of oxazole rings is 1. The number of H-pyrrole nitrogens is 1. The Morgan fingerprint density at radius 1 is 1.25 bits per heavy atom. The second-order valence-electron chi connectivity index (χ2n) is 7.16. The molecular weight excluding hydrogens is 439 g/mol. The van der Waals surface area contributed by atoms with Gasteiger partial charge >= 0.3 is 6.18 Å². The molecule has 0 radical (unpaired) electrons. The summed E-state index contributed by atoms with van der Waals surface area (Å²) in [5.41, 5.74) is -1.17. The van der Waals surface area contributed by atoms with Crippen LogP contribution < -0.4 is 0 Å². The van der Waals surface area contributed by atoms with E-state index < -0.39 is 47.2 Å². The van der Waals surface area contributed by atoms with Crippen molar-refractivity contribution in [2.24, 2.45) is 0 Å². The predicted molar refractivity (Wildman–Crippen MR) is 97.8 cm³/mol. The van der Waals surface area contributed by atoms with Gasteiger partial charge in [-0.05, 0) is 12.1 Å². The number of furan rings is 1. The molecule has 1 N–H and O–H groups in total. The van der Waals surface area contributed by atoms with Crippen molar-refractivity contribution in [1.82, 2.24) is 19.9 Å². The lowest BCUT2D eigenvalue weighted by molar-refractivity contribution is -0.136. The van der Waals surface area contributed by atoms with Crippen LogP contribution in [0.3, 0.4) is 0 Å². The molecule has 0 aliphatic carbocycles. The molecule has 0 saturated carbocycles. The minimum Gasteiger partial charge on any atom is -0.458 e. The molecule has 3 aromatic heterocycles. The Labute approximate surface area is 175 Å². The number of aromatic nitrogens is 3. The first-order chi connectivity index (χ1) is 15.3. The molecule has 12 heteroatoms. The number of imidazole rings is 1. The zero-order valence-electron chi connectivity index (χ0n) is 16.0. The second kappa shape index (κ2) is 7.18. The highest BCUT2D eigenvalue weighted by atomic mass is 19.4. The number of hydrogen-bond acceptors (Lipinski definition) is 5. The number of rotatable bonds is 3. The van der Waals surface area contributed by atoms with Gasteiger partial charge in [0.05, 0.1) is 17.6 Å². The number of aromatic amines is 1. The Morgan fingerprint density at radius 2 is 2.06 bits per heavy atom. The fourth-order valence-corrected chi connectivity index (χ4v) is 3.93. The summed E-state index contributed by atoms with van der Waals surface area (Å²) in [6.07, 6.45) is -5.25. The summed E-state index contributed by atoms with van der Waals surface area (Å²) in [6.45, 7) is 0.0608. The van der Waals surface area contributed by atoms with Gasteiger partial charge in [0.2, 0.25) is 5.76 Å². The van der Waals surface area contributed by atoms with Crippen LogP contribution in [-0.4, -0.2) is 32.3 Å². The number of carbonyl (C=O) groups is 1. The van der Waals surface area contributed by atoms with E-state index in [2.05, 4.69) is 15.0 Å². The van der Waals surface area contributed by atoms with Crippen LogP contribution in [-0.2, 0) is 12.6 Å². The predicted octanol–water partition coefficient (Wildman–Crippen LogP) is 4.89. The summed E-state index contributed by atoms with van der Waals surface area (Å²) >= 11 is 0. The Bertz CT molecular complexity index is 1310. The van der Waals surface area contributed by atoms with Crippen LogP contribution in [0.25, 0.3) is 11.0 Å². The summed E-state index contributed by atoms with van der Waals surface area (Å²) in [5.74, 6) is -1.53. The lowest BCUT2D eigenvalue weighted by atomic mass is 9.99. The number of para-hydroxylation sites is 1. The van der Waals surface area contributed by atoms with Gasteiger partial charge in [-0.1, -0.05) is 12.1 Å². The summed E-state index contributed by atoms with van der Waals surface area (Å²) < 4.78 is 77.4. The molecule has 1 aliphatic heterocycles. The molecule has 0 bridgehead atoms. The average Bonchev–Trinajstić information content (AvgIpc) is 3.49. The Morgan fingerprint density at radius 3 is 2.81 bits per heavy atom. The van der Waals surface area contributed by atoms with Crippen molar-refractivity contribution in [1.29, 1.82) is 0 Å². The zero-order chi connectivity index (χ0) is 22.6. The third-order valence-electron chi connectivity index (χ3n) is 5.32. The highest BCUT2D eigenvalue weighted by Gasteiger charge is 2.40. The van der Waals surface area contributed by atoms with Crippen LogP contribution in [0.2, 0.25) is 0 Å². The molecule has 1 amide bonds. The summed E-state index contributed by atoms with van der Waals surface area (Å²) in [7, 11) is 0. The molecule has 0 fully saturated rings. The first kappa shape index (κ1) is 20.2. The lowest BCUT2D eigenvalue weighted by Gasteiger charge is -2.33. The summed E-state index contributed by atoms with van der Waals surface area (Å²) in [6, 6.07) is 3.92. The van der Waals surface area contributed by atoms with E-state index in [1.807, 2.05) is 0 Å². The quantitative estimate of drug-likeness (QED) is 0.448. The number of carbonyl (C=O) groups excluding carboxylic acids is 1. The van der Waals surface area contributed by atoms with Crippen molar-refractivity contribution in [2.45, 2.75) is 25.1 Å². The van der Waals surface area contributed by atoms with Gasteiger partial charge in [-0.25, -0.2) is 18.7 Å². The molecule has 0 saturated heterocycles. The van der Waals surface area contributed by atoms with E-state index in [4.69, 9.17) is 8.83 Å². The molecule has 4 aromatic rings. The van der Waals surface area contributed by atoms with Crippen molar-refractivity contribution in [3.63, 3.8) is 0 Å². The van der Waals surface area contributed by atoms with Gasteiger partial charge in [-0.15, -0.1) is 0 Å². The number of alkyl halides is 5. The van der Waals surface area contributed by atoms with E-state index in [9.17, 15) is 26.7 Å². The van der Waals surface area contributed by atoms with E-state index in [1.54, 1.807) is 0 Å². The summed E-state index contributed by atoms with van der Waals surface area (Å²) in [4.78, 5) is 24.9. The maximum Gasteiger partial charge on any atom is 0.420 e. The number of fused-ring (bicyclic) bond motifs is 2. The van der Waals surface area contributed by atoms with Crippen LogP contribution >= 0.6 is 0 Å². The van der Waals surface area contributed by atoms with Crippen LogP contribution in [0.1, 0.15) is 51.4 Å². The molecule has 1 atom stereocenters. The van der Waals surface area contributed by atoms with Gasteiger partial charge in [-0.3, -0.25) is 4.79 Å².